The van der Waals surface area contributed by atoms with Crippen LogP contribution in [0.4, 0.5) is 11.4 Å². The van der Waals surface area contributed by atoms with E-state index in [-0.39, 0.29) is 10.6 Å². The van der Waals surface area contributed by atoms with Crippen LogP contribution in [0.3, 0.4) is 0 Å². The van der Waals surface area contributed by atoms with E-state index in [1.165, 1.54) is 89.7 Å². The van der Waals surface area contributed by atoms with Gasteiger partial charge in [0.2, 0.25) is 0 Å². The largest absolute Gasteiger partial charge is 0.379 e. The van der Waals surface area contributed by atoms with Gasteiger partial charge < -0.3 is 5.32 Å². The van der Waals surface area contributed by atoms with Crippen molar-refractivity contribution in [1.82, 2.24) is 4.98 Å². The Hall–Kier alpha value is -1.65. The fourth-order valence-corrected chi connectivity index (χ4v) is 3.22. The third kappa shape index (κ3) is 11.1. The zero-order chi connectivity index (χ0) is 18.9. The number of nitro groups is 1. The van der Waals surface area contributed by atoms with Crippen molar-refractivity contribution in [3.63, 3.8) is 0 Å². The molecule has 0 spiro atoms. The summed E-state index contributed by atoms with van der Waals surface area (Å²) in [6.45, 7) is 3.05. The fraction of sp³-hybridized carbons (Fsp3) is 0.762. The predicted molar refractivity (Wildman–Crippen MR) is 110 cm³/mol. The van der Waals surface area contributed by atoms with Gasteiger partial charge in [0.15, 0.2) is 0 Å². The molecular formula is C21H37N3O2. The average molecular weight is 364 g/mol. The van der Waals surface area contributed by atoms with E-state index in [1.807, 2.05) is 0 Å². The molecule has 0 amide bonds. The van der Waals surface area contributed by atoms with Crippen LogP contribution in [0.1, 0.15) is 96.8 Å². The zero-order valence-electron chi connectivity index (χ0n) is 16.5. The standard InChI is InChI=1S/C21H37N3O2/c1-2-3-4-5-6-7-8-9-10-11-12-13-14-15-17-23-20-16-18-22-19-21(20)24(25)26/h16,18-19H,2-15,17H2,1H3,(H,22,23). The second-order valence-electron chi connectivity index (χ2n) is 7.17. The Morgan fingerprint density at radius 2 is 1.38 bits per heavy atom. The predicted octanol–water partition coefficient (Wildman–Crippen LogP) is 6.88. The molecule has 0 aliphatic heterocycles. The molecule has 0 radical (unpaired) electrons. The van der Waals surface area contributed by atoms with Gasteiger partial charge in [0, 0.05) is 12.7 Å². The van der Waals surface area contributed by atoms with E-state index in [9.17, 15) is 10.1 Å². The maximum absolute atomic E-state index is 10.9. The fourth-order valence-electron chi connectivity index (χ4n) is 3.22. The second kappa shape index (κ2) is 15.6. The minimum Gasteiger partial charge on any atom is -0.379 e. The molecule has 0 aliphatic carbocycles. The van der Waals surface area contributed by atoms with Crippen LogP contribution < -0.4 is 5.32 Å². The summed E-state index contributed by atoms with van der Waals surface area (Å²) < 4.78 is 0. The third-order valence-corrected chi connectivity index (χ3v) is 4.84. The van der Waals surface area contributed by atoms with Crippen LogP contribution in [0.5, 0.6) is 0 Å². The molecule has 5 heteroatoms. The van der Waals surface area contributed by atoms with Gasteiger partial charge in [-0.25, -0.2) is 0 Å². The number of pyridine rings is 1. The van der Waals surface area contributed by atoms with Gasteiger partial charge in [0.1, 0.15) is 11.9 Å². The molecule has 1 aromatic heterocycles. The molecule has 0 atom stereocenters. The normalized spacial score (nSPS) is 10.8. The maximum atomic E-state index is 10.9. The Kier molecular flexibility index (Phi) is 13.4. The Morgan fingerprint density at radius 1 is 0.885 bits per heavy atom. The molecule has 0 bridgehead atoms. The van der Waals surface area contributed by atoms with Gasteiger partial charge in [-0.3, -0.25) is 15.1 Å². The molecule has 1 N–H and O–H groups in total. The quantitative estimate of drug-likeness (QED) is 0.186. The first-order chi connectivity index (χ1) is 12.8. The van der Waals surface area contributed by atoms with Crippen molar-refractivity contribution in [1.29, 1.82) is 0 Å². The summed E-state index contributed by atoms with van der Waals surface area (Å²) in [6, 6.07) is 1.67. The minimum atomic E-state index is -0.388. The minimum absolute atomic E-state index is 0.0536. The molecule has 0 unspecified atom stereocenters. The van der Waals surface area contributed by atoms with Crippen molar-refractivity contribution in [3.05, 3.63) is 28.6 Å². The highest BCUT2D eigenvalue weighted by Crippen LogP contribution is 2.21. The summed E-state index contributed by atoms with van der Waals surface area (Å²) in [7, 11) is 0. The van der Waals surface area contributed by atoms with Crippen LogP contribution >= 0.6 is 0 Å². The number of aromatic nitrogens is 1. The van der Waals surface area contributed by atoms with Gasteiger partial charge in [-0.05, 0) is 12.5 Å². The van der Waals surface area contributed by atoms with Gasteiger partial charge in [-0.2, -0.15) is 0 Å². The summed E-state index contributed by atoms with van der Waals surface area (Å²) in [6.07, 6.45) is 21.6. The van der Waals surface area contributed by atoms with Crippen molar-refractivity contribution in [2.24, 2.45) is 0 Å². The summed E-state index contributed by atoms with van der Waals surface area (Å²) in [5.74, 6) is 0. The average Bonchev–Trinajstić information content (AvgIpc) is 2.65. The van der Waals surface area contributed by atoms with E-state index in [0.29, 0.717) is 5.69 Å². The third-order valence-electron chi connectivity index (χ3n) is 4.84. The Labute approximate surface area is 159 Å². The van der Waals surface area contributed by atoms with Crippen molar-refractivity contribution in [2.45, 2.75) is 96.8 Å². The summed E-state index contributed by atoms with van der Waals surface area (Å²) in [4.78, 5) is 14.3. The lowest BCUT2D eigenvalue weighted by Crippen LogP contribution is -2.04. The van der Waals surface area contributed by atoms with Crippen LogP contribution in [0.15, 0.2) is 18.5 Å². The molecule has 1 rings (SSSR count). The number of hydrogen-bond donors (Lipinski definition) is 1. The molecule has 1 heterocycles. The Morgan fingerprint density at radius 3 is 1.88 bits per heavy atom. The highest BCUT2D eigenvalue weighted by molar-refractivity contribution is 5.59. The number of rotatable bonds is 17. The lowest BCUT2D eigenvalue weighted by atomic mass is 10.0. The van der Waals surface area contributed by atoms with Gasteiger partial charge >= 0.3 is 5.69 Å². The van der Waals surface area contributed by atoms with E-state index < -0.39 is 0 Å². The van der Waals surface area contributed by atoms with Gasteiger partial charge in [-0.1, -0.05) is 90.4 Å². The number of nitrogens with one attached hydrogen (secondary N) is 1. The molecule has 0 aromatic carbocycles. The van der Waals surface area contributed by atoms with Crippen molar-refractivity contribution < 1.29 is 4.92 Å². The van der Waals surface area contributed by atoms with Gasteiger partial charge in [0.25, 0.3) is 0 Å². The number of hydrogen-bond acceptors (Lipinski definition) is 4. The number of anilines is 1. The van der Waals surface area contributed by atoms with E-state index in [0.717, 1.165) is 13.0 Å². The Bertz CT molecular complexity index is 480. The van der Waals surface area contributed by atoms with Crippen LogP contribution in [0, 0.1) is 10.1 Å². The van der Waals surface area contributed by atoms with E-state index in [4.69, 9.17) is 0 Å². The van der Waals surface area contributed by atoms with Crippen LogP contribution in [0.25, 0.3) is 0 Å². The first-order valence-corrected chi connectivity index (χ1v) is 10.6. The smallest absolute Gasteiger partial charge is 0.310 e. The summed E-state index contributed by atoms with van der Waals surface area (Å²) in [5.41, 5.74) is 0.623. The van der Waals surface area contributed by atoms with Crippen LogP contribution in [-0.4, -0.2) is 16.5 Å². The van der Waals surface area contributed by atoms with Crippen molar-refractivity contribution in [3.8, 4) is 0 Å². The lowest BCUT2D eigenvalue weighted by Gasteiger charge is -2.06. The van der Waals surface area contributed by atoms with Crippen molar-refractivity contribution in [2.75, 3.05) is 11.9 Å². The van der Waals surface area contributed by atoms with E-state index in [1.54, 1.807) is 12.3 Å². The second-order valence-corrected chi connectivity index (χ2v) is 7.17. The summed E-state index contributed by atoms with van der Waals surface area (Å²) >= 11 is 0. The molecule has 5 nitrogen and oxygen atoms in total. The molecular weight excluding hydrogens is 326 g/mol. The van der Waals surface area contributed by atoms with Crippen LogP contribution in [0.2, 0.25) is 0 Å². The molecule has 0 aliphatic rings. The maximum Gasteiger partial charge on any atom is 0.310 e. The molecule has 148 valence electrons. The van der Waals surface area contributed by atoms with Gasteiger partial charge in [-0.15, -0.1) is 0 Å². The summed E-state index contributed by atoms with van der Waals surface area (Å²) in [5, 5.41) is 14.1. The monoisotopic (exact) mass is 363 g/mol. The molecule has 0 fully saturated rings. The first kappa shape index (κ1) is 22.4. The zero-order valence-corrected chi connectivity index (χ0v) is 16.5. The van der Waals surface area contributed by atoms with Gasteiger partial charge in [0.05, 0.1) is 4.92 Å². The molecule has 26 heavy (non-hydrogen) atoms. The lowest BCUT2D eigenvalue weighted by molar-refractivity contribution is -0.384. The topological polar surface area (TPSA) is 68.1 Å². The molecule has 0 saturated carbocycles. The van der Waals surface area contributed by atoms with Crippen molar-refractivity contribution >= 4 is 11.4 Å². The highest BCUT2D eigenvalue weighted by Gasteiger charge is 2.11. The Balaban J connectivity index is 1.88. The SMILES string of the molecule is CCCCCCCCCCCCCCCCNc1ccncc1[N+](=O)[O-]. The molecule has 1 aromatic rings. The molecule has 0 saturated heterocycles. The van der Waals surface area contributed by atoms with E-state index in [2.05, 4.69) is 17.2 Å². The first-order valence-electron chi connectivity index (χ1n) is 10.6. The van der Waals surface area contributed by atoms with Crippen LogP contribution in [-0.2, 0) is 0 Å². The highest BCUT2D eigenvalue weighted by atomic mass is 16.6. The number of unbranched alkanes of at least 4 members (excludes halogenated alkanes) is 13. The van der Waals surface area contributed by atoms with E-state index >= 15 is 0 Å². The number of nitrogens with zero attached hydrogens (tertiary/aromatic N) is 2.